The van der Waals surface area contributed by atoms with Crippen LogP contribution in [-0.4, -0.2) is 32.8 Å². The molecule has 0 saturated carbocycles. The molecule has 1 aliphatic heterocycles. The smallest absolute Gasteiger partial charge is 0.0471 e. The van der Waals surface area contributed by atoms with Gasteiger partial charge in [-0.15, -0.1) is 11.6 Å². The van der Waals surface area contributed by atoms with E-state index in [4.69, 9.17) is 21.1 Å². The molecular weight excluding hydrogens is 188 g/mol. The second-order valence-electron chi connectivity index (χ2n) is 3.84. The Labute approximate surface area is 85.5 Å². The van der Waals surface area contributed by atoms with Gasteiger partial charge in [0.25, 0.3) is 0 Å². The van der Waals surface area contributed by atoms with Crippen molar-refractivity contribution in [3.05, 3.63) is 0 Å². The lowest BCUT2D eigenvalue weighted by molar-refractivity contribution is 0.0174. The molecule has 78 valence electrons. The maximum Gasteiger partial charge on any atom is 0.0471 e. The summed E-state index contributed by atoms with van der Waals surface area (Å²) < 4.78 is 10.4. The molecule has 1 aliphatic rings. The van der Waals surface area contributed by atoms with Crippen molar-refractivity contribution in [2.24, 2.45) is 5.41 Å². The highest BCUT2D eigenvalue weighted by atomic mass is 35.5. The molecule has 0 aliphatic carbocycles. The minimum absolute atomic E-state index is 0.332. The second kappa shape index (κ2) is 5.84. The van der Waals surface area contributed by atoms with Crippen LogP contribution in [0.2, 0.25) is 0 Å². The summed E-state index contributed by atoms with van der Waals surface area (Å²) >= 11 is 6.02. The monoisotopic (exact) mass is 206 g/mol. The van der Waals surface area contributed by atoms with Crippen LogP contribution in [0.15, 0.2) is 0 Å². The van der Waals surface area contributed by atoms with Crippen molar-refractivity contribution in [3.63, 3.8) is 0 Å². The van der Waals surface area contributed by atoms with E-state index >= 15 is 0 Å². The summed E-state index contributed by atoms with van der Waals surface area (Å²) in [6, 6.07) is 0. The van der Waals surface area contributed by atoms with Gasteiger partial charge in [-0.2, -0.15) is 0 Å². The summed E-state index contributed by atoms with van der Waals surface area (Å²) in [7, 11) is 1.75. The maximum atomic E-state index is 6.02. The Bertz CT molecular complexity index is 133. The van der Waals surface area contributed by atoms with Gasteiger partial charge in [0, 0.05) is 32.8 Å². The number of hydrogen-bond donors (Lipinski definition) is 0. The van der Waals surface area contributed by atoms with E-state index in [9.17, 15) is 0 Å². The highest BCUT2D eigenvalue weighted by Crippen LogP contribution is 2.36. The molecule has 0 aromatic heterocycles. The minimum atomic E-state index is 0.332. The second-order valence-corrected chi connectivity index (χ2v) is 4.11. The molecule has 1 saturated heterocycles. The first-order valence-corrected chi connectivity index (χ1v) is 5.49. The zero-order chi connectivity index (χ0) is 9.57. The molecule has 0 unspecified atom stereocenters. The number of rotatable bonds is 5. The Morgan fingerprint density at radius 2 is 2.08 bits per heavy atom. The van der Waals surface area contributed by atoms with Gasteiger partial charge in [-0.1, -0.05) is 0 Å². The molecule has 0 N–H and O–H groups in total. The third kappa shape index (κ3) is 3.45. The average molecular weight is 207 g/mol. The lowest BCUT2D eigenvalue weighted by atomic mass is 9.78. The van der Waals surface area contributed by atoms with Crippen LogP contribution in [0.3, 0.4) is 0 Å². The highest BCUT2D eigenvalue weighted by molar-refractivity contribution is 6.18. The number of halogens is 1. The van der Waals surface area contributed by atoms with Crippen LogP contribution in [0.25, 0.3) is 0 Å². The third-order valence-electron chi connectivity index (χ3n) is 2.89. The van der Waals surface area contributed by atoms with Crippen molar-refractivity contribution in [2.45, 2.75) is 25.7 Å². The van der Waals surface area contributed by atoms with Gasteiger partial charge in [0.05, 0.1) is 0 Å². The van der Waals surface area contributed by atoms with Crippen LogP contribution in [0.4, 0.5) is 0 Å². The quantitative estimate of drug-likeness (QED) is 0.508. The molecule has 0 aromatic rings. The summed E-state index contributed by atoms with van der Waals surface area (Å²) in [5.41, 5.74) is 0.332. The number of alkyl halides is 1. The maximum absolute atomic E-state index is 6.02. The zero-order valence-corrected chi connectivity index (χ0v) is 9.11. The van der Waals surface area contributed by atoms with Gasteiger partial charge in [0.2, 0.25) is 0 Å². The summed E-state index contributed by atoms with van der Waals surface area (Å²) in [6.07, 6.45) is 4.51. The largest absolute Gasteiger partial charge is 0.385 e. The molecular formula is C10H19ClO2. The van der Waals surface area contributed by atoms with E-state index in [1.807, 2.05) is 0 Å². The highest BCUT2D eigenvalue weighted by Gasteiger charge is 2.30. The fourth-order valence-electron chi connectivity index (χ4n) is 1.85. The lowest BCUT2D eigenvalue weighted by Crippen LogP contribution is -2.31. The molecule has 0 atom stereocenters. The van der Waals surface area contributed by atoms with Crippen molar-refractivity contribution >= 4 is 11.6 Å². The van der Waals surface area contributed by atoms with Crippen LogP contribution in [0.5, 0.6) is 0 Å². The molecule has 2 nitrogen and oxygen atoms in total. The van der Waals surface area contributed by atoms with Gasteiger partial charge in [0.15, 0.2) is 0 Å². The van der Waals surface area contributed by atoms with Gasteiger partial charge in [-0.25, -0.2) is 0 Å². The molecule has 0 radical (unpaired) electrons. The van der Waals surface area contributed by atoms with Crippen LogP contribution in [0.1, 0.15) is 25.7 Å². The van der Waals surface area contributed by atoms with Crippen LogP contribution in [0, 0.1) is 5.41 Å². The first-order chi connectivity index (χ1) is 6.33. The molecule has 3 heteroatoms. The molecule has 1 heterocycles. The Balaban J connectivity index is 2.29. The van der Waals surface area contributed by atoms with Crippen molar-refractivity contribution in [3.8, 4) is 0 Å². The minimum Gasteiger partial charge on any atom is -0.385 e. The topological polar surface area (TPSA) is 18.5 Å². The molecule has 1 fully saturated rings. The first-order valence-electron chi connectivity index (χ1n) is 4.96. The zero-order valence-electron chi connectivity index (χ0n) is 8.35. The Morgan fingerprint density at radius 1 is 1.38 bits per heavy atom. The molecule has 1 rings (SSSR count). The van der Waals surface area contributed by atoms with Crippen LogP contribution < -0.4 is 0 Å². The summed E-state index contributed by atoms with van der Waals surface area (Å²) in [5.74, 6) is 0.764. The molecule has 0 aromatic carbocycles. The van der Waals surface area contributed by atoms with Crippen molar-refractivity contribution in [1.82, 2.24) is 0 Å². The van der Waals surface area contributed by atoms with Gasteiger partial charge in [0.1, 0.15) is 0 Å². The third-order valence-corrected chi connectivity index (χ3v) is 3.46. The Morgan fingerprint density at radius 3 is 2.62 bits per heavy atom. The van der Waals surface area contributed by atoms with E-state index in [-0.39, 0.29) is 0 Å². The van der Waals surface area contributed by atoms with E-state index in [1.54, 1.807) is 7.11 Å². The summed E-state index contributed by atoms with van der Waals surface area (Å²) in [6.45, 7) is 2.60. The summed E-state index contributed by atoms with van der Waals surface area (Å²) in [5, 5.41) is 0. The Kier molecular flexibility index (Phi) is 5.07. The summed E-state index contributed by atoms with van der Waals surface area (Å²) in [4.78, 5) is 0. The van der Waals surface area contributed by atoms with E-state index in [0.29, 0.717) is 5.41 Å². The Hall–Kier alpha value is 0.210. The van der Waals surface area contributed by atoms with Gasteiger partial charge >= 0.3 is 0 Å². The fourth-order valence-corrected chi connectivity index (χ4v) is 2.25. The van der Waals surface area contributed by atoms with Crippen LogP contribution in [-0.2, 0) is 9.47 Å². The lowest BCUT2D eigenvalue weighted by Gasteiger charge is -2.35. The molecule has 0 amide bonds. The van der Waals surface area contributed by atoms with Gasteiger partial charge < -0.3 is 9.47 Å². The van der Waals surface area contributed by atoms with Crippen molar-refractivity contribution in [2.75, 3.05) is 32.8 Å². The van der Waals surface area contributed by atoms with Crippen LogP contribution >= 0.6 is 11.6 Å². The van der Waals surface area contributed by atoms with Gasteiger partial charge in [-0.05, 0) is 31.1 Å². The predicted molar refractivity (Wildman–Crippen MR) is 54.3 cm³/mol. The first kappa shape index (κ1) is 11.3. The molecule has 0 spiro atoms. The SMILES string of the molecule is COCCCC1(CCl)CCOCC1. The van der Waals surface area contributed by atoms with E-state index in [0.717, 1.165) is 45.0 Å². The molecule has 13 heavy (non-hydrogen) atoms. The molecule has 0 bridgehead atoms. The van der Waals surface area contributed by atoms with Crippen molar-refractivity contribution < 1.29 is 9.47 Å². The normalized spacial score (nSPS) is 21.7. The van der Waals surface area contributed by atoms with E-state index in [2.05, 4.69) is 0 Å². The average Bonchev–Trinajstić information content (AvgIpc) is 2.20. The number of methoxy groups -OCH3 is 1. The van der Waals surface area contributed by atoms with Gasteiger partial charge in [-0.3, -0.25) is 0 Å². The standard InChI is InChI=1S/C10H19ClO2/c1-12-6-2-3-10(9-11)4-7-13-8-5-10/h2-9H2,1H3. The van der Waals surface area contributed by atoms with Crippen molar-refractivity contribution in [1.29, 1.82) is 0 Å². The fraction of sp³-hybridized carbons (Fsp3) is 1.00. The number of ether oxygens (including phenoxy) is 2. The number of hydrogen-bond acceptors (Lipinski definition) is 2. The predicted octanol–water partition coefficient (Wildman–Crippen LogP) is 2.45. The van der Waals surface area contributed by atoms with E-state index in [1.165, 1.54) is 6.42 Å². The van der Waals surface area contributed by atoms with E-state index < -0.39 is 0 Å².